The second-order valence-corrected chi connectivity index (χ2v) is 11.9. The van der Waals surface area contributed by atoms with Crippen LogP contribution in [-0.4, -0.2) is 58.9 Å². The maximum Gasteiger partial charge on any atom is 0.227 e. The van der Waals surface area contributed by atoms with E-state index in [0.29, 0.717) is 73.9 Å². The maximum atomic E-state index is 14.4. The predicted molar refractivity (Wildman–Crippen MR) is 158 cm³/mol. The largest absolute Gasteiger partial charge is 0.487 e. The zero-order valence-corrected chi connectivity index (χ0v) is 24.7. The Bertz CT molecular complexity index is 1490. The van der Waals surface area contributed by atoms with Crippen molar-refractivity contribution in [3.63, 3.8) is 0 Å². The number of benzene rings is 2. The molecule has 1 saturated carbocycles. The number of para-hydroxylation sites is 1. The van der Waals surface area contributed by atoms with Gasteiger partial charge in [-0.2, -0.15) is 0 Å². The number of likely N-dealkylation sites (tertiary alicyclic amines) is 1. The van der Waals surface area contributed by atoms with Crippen LogP contribution in [0.5, 0.6) is 5.75 Å². The van der Waals surface area contributed by atoms with Crippen LogP contribution in [0.25, 0.3) is 11.0 Å². The van der Waals surface area contributed by atoms with Crippen molar-refractivity contribution in [2.75, 3.05) is 26.2 Å². The minimum absolute atomic E-state index is 0.0262. The van der Waals surface area contributed by atoms with Crippen molar-refractivity contribution < 1.29 is 23.6 Å². The highest BCUT2D eigenvalue weighted by Gasteiger charge is 2.43. The summed E-state index contributed by atoms with van der Waals surface area (Å²) in [5.41, 5.74) is 3.13. The van der Waals surface area contributed by atoms with Crippen LogP contribution >= 0.6 is 11.6 Å². The van der Waals surface area contributed by atoms with E-state index in [1.807, 2.05) is 53.1 Å². The first-order valence-electron chi connectivity index (χ1n) is 15.1. The molecule has 3 amide bonds. The van der Waals surface area contributed by atoms with Crippen molar-refractivity contribution in [1.29, 1.82) is 0 Å². The van der Waals surface area contributed by atoms with E-state index < -0.39 is 12.0 Å². The second kappa shape index (κ2) is 12.3. The zero-order chi connectivity index (χ0) is 29.2. The highest BCUT2D eigenvalue weighted by Crippen LogP contribution is 2.43. The summed E-state index contributed by atoms with van der Waals surface area (Å²) < 4.78 is 11.9. The molecule has 3 atom stereocenters. The molecule has 3 aliphatic rings. The molecule has 6 rings (SSSR count). The SMILES string of the molecule is CCNC(=O)[C@@H]1CCCCC1C(=O)N1CCc2c(Cl)ccc(OCc3noc4ccccc34)c2[C@H]1CN1CCCC1=O. The molecule has 3 aromatic rings. The summed E-state index contributed by atoms with van der Waals surface area (Å²) >= 11 is 6.76. The normalized spacial score (nSPS) is 22.3. The lowest BCUT2D eigenvalue weighted by atomic mass is 9.77. The Morgan fingerprint density at radius 2 is 1.88 bits per heavy atom. The Morgan fingerprint density at radius 3 is 2.67 bits per heavy atom. The number of carbonyl (C=O) groups excluding carboxylic acids is 3. The highest BCUT2D eigenvalue weighted by molar-refractivity contribution is 6.31. The quantitative estimate of drug-likeness (QED) is 0.392. The van der Waals surface area contributed by atoms with E-state index in [2.05, 4.69) is 10.5 Å². The molecule has 0 spiro atoms. The van der Waals surface area contributed by atoms with Crippen LogP contribution in [0.3, 0.4) is 0 Å². The van der Waals surface area contributed by atoms with Crippen molar-refractivity contribution in [2.24, 2.45) is 11.8 Å². The van der Waals surface area contributed by atoms with Crippen LogP contribution < -0.4 is 10.1 Å². The Morgan fingerprint density at radius 1 is 1.07 bits per heavy atom. The van der Waals surface area contributed by atoms with Crippen molar-refractivity contribution in [3.05, 3.63) is 58.2 Å². The number of aromatic nitrogens is 1. The first-order valence-corrected chi connectivity index (χ1v) is 15.5. The Hall–Kier alpha value is -3.59. The number of nitrogens with one attached hydrogen (secondary N) is 1. The number of fused-ring (bicyclic) bond motifs is 2. The number of amides is 3. The van der Waals surface area contributed by atoms with E-state index in [1.165, 1.54) is 0 Å². The average Bonchev–Trinajstić information content (AvgIpc) is 3.62. The number of carbonyl (C=O) groups is 3. The minimum atomic E-state index is -0.442. The predicted octanol–water partition coefficient (Wildman–Crippen LogP) is 5.05. The van der Waals surface area contributed by atoms with Gasteiger partial charge < -0.3 is 24.4 Å². The third kappa shape index (κ3) is 5.46. The molecule has 0 radical (unpaired) electrons. The number of halogens is 1. The Kier molecular flexibility index (Phi) is 8.38. The lowest BCUT2D eigenvalue weighted by Crippen LogP contribution is -2.51. The van der Waals surface area contributed by atoms with Gasteiger partial charge in [-0.15, -0.1) is 0 Å². The van der Waals surface area contributed by atoms with Gasteiger partial charge in [0, 0.05) is 60.4 Å². The number of rotatable bonds is 8. The van der Waals surface area contributed by atoms with E-state index in [-0.39, 0.29) is 30.2 Å². The molecule has 9 nitrogen and oxygen atoms in total. The molecule has 0 bridgehead atoms. The maximum absolute atomic E-state index is 14.4. The fourth-order valence-electron chi connectivity index (χ4n) is 6.91. The van der Waals surface area contributed by atoms with Gasteiger partial charge >= 0.3 is 0 Å². The first-order chi connectivity index (χ1) is 20.5. The standard InChI is InChI=1S/C32H37ClN4O5/c1-2-34-31(39)20-8-3-4-9-21(20)32(40)37-17-15-22-24(33)13-14-28(30(22)26(37)18-36-16-7-12-29(36)38)41-19-25-23-10-5-6-11-27(23)42-35-25/h5-6,10-11,13-14,20-21,26H,2-4,7-9,12,15-19H2,1H3,(H,34,39)/t20-,21?,26-/m1/s1. The number of nitrogens with zero attached hydrogens (tertiary/aromatic N) is 3. The molecule has 1 aliphatic carbocycles. The van der Waals surface area contributed by atoms with Crippen molar-refractivity contribution in [3.8, 4) is 5.75 Å². The Labute approximate surface area is 250 Å². The zero-order valence-electron chi connectivity index (χ0n) is 23.9. The van der Waals surface area contributed by atoms with Crippen molar-refractivity contribution in [2.45, 2.75) is 64.5 Å². The Balaban J connectivity index is 1.35. The lowest BCUT2D eigenvalue weighted by molar-refractivity contribution is -0.147. The van der Waals surface area contributed by atoms with Gasteiger partial charge in [-0.25, -0.2) is 0 Å². The number of hydrogen-bond donors (Lipinski definition) is 1. The molecule has 2 aromatic carbocycles. The molecule has 42 heavy (non-hydrogen) atoms. The van der Waals surface area contributed by atoms with E-state index in [0.717, 1.165) is 35.8 Å². The first kappa shape index (κ1) is 28.5. The van der Waals surface area contributed by atoms with Crippen LogP contribution in [0.4, 0.5) is 0 Å². The molecular formula is C32H37ClN4O5. The third-order valence-electron chi connectivity index (χ3n) is 9.01. The average molecular weight is 593 g/mol. The van der Waals surface area contributed by atoms with Crippen LogP contribution in [0.2, 0.25) is 5.02 Å². The smallest absolute Gasteiger partial charge is 0.227 e. The molecule has 1 unspecified atom stereocenters. The summed E-state index contributed by atoms with van der Waals surface area (Å²) in [6, 6.07) is 10.9. The molecule has 222 valence electrons. The molecule has 1 saturated heterocycles. The second-order valence-electron chi connectivity index (χ2n) is 11.5. The molecule has 3 heterocycles. The van der Waals surface area contributed by atoms with Crippen LogP contribution in [0.15, 0.2) is 40.9 Å². The molecule has 1 N–H and O–H groups in total. The fraction of sp³-hybridized carbons (Fsp3) is 0.500. The minimum Gasteiger partial charge on any atom is -0.487 e. The van der Waals surface area contributed by atoms with Gasteiger partial charge in [-0.3, -0.25) is 14.4 Å². The van der Waals surface area contributed by atoms with Crippen LogP contribution in [0, 0.1) is 11.8 Å². The monoisotopic (exact) mass is 592 g/mol. The molecular weight excluding hydrogens is 556 g/mol. The molecule has 10 heteroatoms. The van der Waals surface area contributed by atoms with Gasteiger partial charge in [-0.05, 0) is 62.4 Å². The van der Waals surface area contributed by atoms with Gasteiger partial charge in [-0.1, -0.05) is 41.7 Å². The topological polar surface area (TPSA) is 105 Å². The van der Waals surface area contributed by atoms with Crippen molar-refractivity contribution >= 4 is 40.3 Å². The number of ether oxygens (including phenoxy) is 1. The summed E-state index contributed by atoms with van der Waals surface area (Å²) in [6.07, 6.45) is 5.10. The molecule has 1 aromatic heterocycles. The van der Waals surface area contributed by atoms with E-state index >= 15 is 0 Å². The van der Waals surface area contributed by atoms with Crippen molar-refractivity contribution in [1.82, 2.24) is 20.3 Å². The van der Waals surface area contributed by atoms with E-state index in [9.17, 15) is 14.4 Å². The summed E-state index contributed by atoms with van der Waals surface area (Å²) in [5, 5.41) is 8.65. The molecule has 2 fully saturated rings. The van der Waals surface area contributed by atoms with Gasteiger partial charge in [0.1, 0.15) is 18.1 Å². The summed E-state index contributed by atoms with van der Waals surface area (Å²) in [4.78, 5) is 43.9. The lowest BCUT2D eigenvalue weighted by Gasteiger charge is -2.43. The third-order valence-corrected chi connectivity index (χ3v) is 9.36. The fourth-order valence-corrected chi connectivity index (χ4v) is 7.17. The summed E-state index contributed by atoms with van der Waals surface area (Å²) in [6.45, 7) is 4.09. The van der Waals surface area contributed by atoms with E-state index in [4.69, 9.17) is 20.9 Å². The highest BCUT2D eigenvalue weighted by atomic mass is 35.5. The van der Waals surface area contributed by atoms with Gasteiger partial charge in [0.25, 0.3) is 0 Å². The van der Waals surface area contributed by atoms with E-state index in [1.54, 1.807) is 0 Å². The summed E-state index contributed by atoms with van der Waals surface area (Å²) in [7, 11) is 0. The van der Waals surface area contributed by atoms with Crippen LogP contribution in [0.1, 0.15) is 68.3 Å². The van der Waals surface area contributed by atoms with Gasteiger partial charge in [0.2, 0.25) is 17.7 Å². The summed E-state index contributed by atoms with van der Waals surface area (Å²) in [5.74, 6) is -0.121. The molecule has 2 aliphatic heterocycles. The van der Waals surface area contributed by atoms with Crippen LogP contribution in [-0.2, 0) is 27.4 Å². The van der Waals surface area contributed by atoms with Gasteiger partial charge in [0.05, 0.1) is 6.04 Å². The van der Waals surface area contributed by atoms with Gasteiger partial charge in [0.15, 0.2) is 5.58 Å². The number of hydrogen-bond acceptors (Lipinski definition) is 6.